The summed E-state index contributed by atoms with van der Waals surface area (Å²) in [6.45, 7) is 6.14. The molecule has 0 bridgehead atoms. The van der Waals surface area contributed by atoms with Gasteiger partial charge < -0.3 is 10.6 Å². The van der Waals surface area contributed by atoms with Gasteiger partial charge in [-0.2, -0.15) is 0 Å². The molecule has 2 saturated heterocycles. The molecule has 2 N–H and O–H groups in total. The first kappa shape index (κ1) is 12.9. The van der Waals surface area contributed by atoms with E-state index in [1.165, 1.54) is 25.5 Å². The molecule has 2 heterocycles. The zero-order chi connectivity index (χ0) is 13.4. The molecule has 0 aromatic heterocycles. The SMILES string of the molecule is C[C@H](N)c1c(F)cccc1N1CCN2CCCC2C1. The summed E-state index contributed by atoms with van der Waals surface area (Å²) in [5.41, 5.74) is 7.60. The minimum Gasteiger partial charge on any atom is -0.368 e. The van der Waals surface area contributed by atoms with Gasteiger partial charge in [0.05, 0.1) is 0 Å². The Kier molecular flexibility index (Phi) is 3.46. The highest BCUT2D eigenvalue weighted by Gasteiger charge is 2.31. The van der Waals surface area contributed by atoms with Crippen LogP contribution in [0.15, 0.2) is 18.2 Å². The Hall–Kier alpha value is -1.13. The van der Waals surface area contributed by atoms with Crippen LogP contribution in [0.25, 0.3) is 0 Å². The Balaban J connectivity index is 1.88. The quantitative estimate of drug-likeness (QED) is 0.887. The highest BCUT2D eigenvalue weighted by Crippen LogP contribution is 2.31. The third-order valence-corrected chi connectivity index (χ3v) is 4.41. The number of nitrogens with two attached hydrogens (primary N) is 1. The van der Waals surface area contributed by atoms with Gasteiger partial charge in [-0.25, -0.2) is 4.39 Å². The Morgan fingerprint density at radius 1 is 1.32 bits per heavy atom. The van der Waals surface area contributed by atoms with E-state index in [-0.39, 0.29) is 11.9 Å². The average Bonchev–Trinajstić information content (AvgIpc) is 2.85. The molecule has 0 amide bonds. The fourth-order valence-electron chi connectivity index (χ4n) is 3.46. The first-order valence-electron chi connectivity index (χ1n) is 7.20. The van der Waals surface area contributed by atoms with Gasteiger partial charge in [-0.15, -0.1) is 0 Å². The second-order valence-corrected chi connectivity index (χ2v) is 5.74. The Morgan fingerprint density at radius 2 is 2.16 bits per heavy atom. The molecule has 2 aliphatic rings. The number of nitrogens with zero attached hydrogens (tertiary/aromatic N) is 2. The van der Waals surface area contributed by atoms with Gasteiger partial charge >= 0.3 is 0 Å². The van der Waals surface area contributed by atoms with Crippen LogP contribution in [0, 0.1) is 5.82 Å². The standard InChI is InChI=1S/C15H22FN3/c1-11(17)15-13(16)5-2-6-14(15)19-9-8-18-7-3-4-12(18)10-19/h2,5-6,11-12H,3-4,7-10,17H2,1H3/t11-,12?/m0/s1. The number of hydrogen-bond acceptors (Lipinski definition) is 3. The Morgan fingerprint density at radius 3 is 2.95 bits per heavy atom. The summed E-state index contributed by atoms with van der Waals surface area (Å²) in [7, 11) is 0. The molecule has 2 atom stereocenters. The number of rotatable bonds is 2. The van der Waals surface area contributed by atoms with Crippen molar-refractivity contribution in [1.82, 2.24) is 4.90 Å². The van der Waals surface area contributed by atoms with Crippen LogP contribution in [0.3, 0.4) is 0 Å². The minimum atomic E-state index is -0.266. The molecule has 1 aromatic rings. The van der Waals surface area contributed by atoms with Crippen molar-refractivity contribution in [1.29, 1.82) is 0 Å². The molecule has 19 heavy (non-hydrogen) atoms. The predicted octanol–water partition coefficient (Wildman–Crippen LogP) is 2.13. The van der Waals surface area contributed by atoms with E-state index in [0.717, 1.165) is 25.3 Å². The second kappa shape index (κ2) is 5.10. The summed E-state index contributed by atoms with van der Waals surface area (Å²) in [5.74, 6) is -0.179. The first-order chi connectivity index (χ1) is 9.16. The van der Waals surface area contributed by atoms with Crippen molar-refractivity contribution in [2.24, 2.45) is 5.73 Å². The summed E-state index contributed by atoms with van der Waals surface area (Å²) in [6.07, 6.45) is 2.56. The largest absolute Gasteiger partial charge is 0.368 e. The normalized spacial score (nSPS) is 25.4. The number of fused-ring (bicyclic) bond motifs is 1. The lowest BCUT2D eigenvalue weighted by Gasteiger charge is -2.40. The van der Waals surface area contributed by atoms with Crippen molar-refractivity contribution < 1.29 is 4.39 Å². The van der Waals surface area contributed by atoms with Gasteiger partial charge in [0.25, 0.3) is 0 Å². The number of anilines is 1. The Labute approximate surface area is 114 Å². The zero-order valence-corrected chi connectivity index (χ0v) is 11.5. The van der Waals surface area contributed by atoms with Crippen LogP contribution in [0.1, 0.15) is 31.4 Å². The monoisotopic (exact) mass is 263 g/mol. The lowest BCUT2D eigenvalue weighted by molar-refractivity contribution is 0.230. The average molecular weight is 263 g/mol. The molecule has 2 aliphatic heterocycles. The molecule has 0 aliphatic carbocycles. The number of benzene rings is 1. The fourth-order valence-corrected chi connectivity index (χ4v) is 3.46. The van der Waals surface area contributed by atoms with Crippen LogP contribution < -0.4 is 10.6 Å². The van der Waals surface area contributed by atoms with Crippen LogP contribution in [0.5, 0.6) is 0 Å². The number of piperazine rings is 1. The molecule has 3 nitrogen and oxygen atoms in total. The molecule has 0 spiro atoms. The summed E-state index contributed by atoms with van der Waals surface area (Å²) < 4.78 is 14.0. The van der Waals surface area contributed by atoms with Gasteiger partial charge in [0.2, 0.25) is 0 Å². The zero-order valence-electron chi connectivity index (χ0n) is 11.5. The van der Waals surface area contributed by atoms with Gasteiger partial charge in [-0.3, -0.25) is 4.90 Å². The van der Waals surface area contributed by atoms with E-state index in [4.69, 9.17) is 5.73 Å². The minimum absolute atomic E-state index is 0.179. The smallest absolute Gasteiger partial charge is 0.130 e. The fraction of sp³-hybridized carbons (Fsp3) is 0.600. The molecule has 104 valence electrons. The molecular weight excluding hydrogens is 241 g/mol. The summed E-state index contributed by atoms with van der Waals surface area (Å²) in [4.78, 5) is 4.87. The predicted molar refractivity (Wildman–Crippen MR) is 75.8 cm³/mol. The van der Waals surface area contributed by atoms with E-state index in [2.05, 4.69) is 9.80 Å². The lowest BCUT2D eigenvalue weighted by atomic mass is 10.0. The number of hydrogen-bond donors (Lipinski definition) is 1. The maximum Gasteiger partial charge on any atom is 0.130 e. The van der Waals surface area contributed by atoms with Gasteiger partial charge in [0.1, 0.15) is 5.82 Å². The van der Waals surface area contributed by atoms with Crippen LogP contribution in [0.4, 0.5) is 10.1 Å². The van der Waals surface area contributed by atoms with Gasteiger partial charge in [0.15, 0.2) is 0 Å². The van der Waals surface area contributed by atoms with Crippen molar-refractivity contribution >= 4 is 5.69 Å². The van der Waals surface area contributed by atoms with Crippen LogP contribution >= 0.6 is 0 Å². The summed E-state index contributed by atoms with van der Waals surface area (Å²) >= 11 is 0. The number of halogens is 1. The van der Waals surface area contributed by atoms with Crippen molar-refractivity contribution in [3.8, 4) is 0 Å². The Bertz CT molecular complexity index is 461. The maximum absolute atomic E-state index is 14.0. The van der Waals surface area contributed by atoms with Crippen molar-refractivity contribution in [2.75, 3.05) is 31.1 Å². The van der Waals surface area contributed by atoms with Gasteiger partial charge in [-0.1, -0.05) is 6.07 Å². The van der Waals surface area contributed by atoms with E-state index in [9.17, 15) is 4.39 Å². The highest BCUT2D eigenvalue weighted by atomic mass is 19.1. The van der Waals surface area contributed by atoms with Gasteiger partial charge in [-0.05, 0) is 38.4 Å². The summed E-state index contributed by atoms with van der Waals surface area (Å²) in [6, 6.07) is 5.67. The third kappa shape index (κ3) is 2.35. The van der Waals surface area contributed by atoms with Crippen molar-refractivity contribution in [3.63, 3.8) is 0 Å². The maximum atomic E-state index is 14.0. The van der Waals surface area contributed by atoms with Crippen LogP contribution in [0.2, 0.25) is 0 Å². The molecular formula is C15H22FN3. The lowest BCUT2D eigenvalue weighted by Crippen LogP contribution is -2.50. The molecule has 1 unspecified atom stereocenters. The van der Waals surface area contributed by atoms with E-state index in [1.807, 2.05) is 13.0 Å². The van der Waals surface area contributed by atoms with Crippen molar-refractivity contribution in [2.45, 2.75) is 31.8 Å². The van der Waals surface area contributed by atoms with E-state index in [0.29, 0.717) is 11.6 Å². The van der Waals surface area contributed by atoms with Crippen LogP contribution in [-0.4, -0.2) is 37.1 Å². The molecule has 1 aromatic carbocycles. The topological polar surface area (TPSA) is 32.5 Å². The van der Waals surface area contributed by atoms with E-state index >= 15 is 0 Å². The van der Waals surface area contributed by atoms with Crippen molar-refractivity contribution in [3.05, 3.63) is 29.6 Å². The molecule has 3 rings (SSSR count). The molecule has 0 saturated carbocycles. The summed E-state index contributed by atoms with van der Waals surface area (Å²) in [5, 5.41) is 0. The van der Waals surface area contributed by atoms with Crippen LogP contribution in [-0.2, 0) is 0 Å². The first-order valence-corrected chi connectivity index (χ1v) is 7.20. The van der Waals surface area contributed by atoms with E-state index < -0.39 is 0 Å². The second-order valence-electron chi connectivity index (χ2n) is 5.74. The third-order valence-electron chi connectivity index (χ3n) is 4.41. The molecule has 2 fully saturated rings. The molecule has 0 radical (unpaired) electrons. The highest BCUT2D eigenvalue weighted by molar-refractivity contribution is 5.56. The van der Waals surface area contributed by atoms with E-state index in [1.54, 1.807) is 6.07 Å². The van der Waals surface area contributed by atoms with Gasteiger partial charge in [0, 0.05) is 43.0 Å². The molecule has 4 heteroatoms.